The summed E-state index contributed by atoms with van der Waals surface area (Å²) in [7, 11) is -9.90. The summed E-state index contributed by atoms with van der Waals surface area (Å²) in [4.78, 5) is 72.4. The van der Waals surface area contributed by atoms with Gasteiger partial charge in [0.25, 0.3) is 0 Å². The molecule has 0 aliphatic heterocycles. The quantitative estimate of drug-likeness (QED) is 0.0222. The first-order chi connectivity index (χ1) is 44.9. The fraction of sp³-hybridized carbons (Fsp3) is 0.946. The van der Waals surface area contributed by atoms with Crippen molar-refractivity contribution in [2.45, 2.75) is 400 Å². The maximum absolute atomic E-state index is 13.1. The van der Waals surface area contributed by atoms with Crippen LogP contribution >= 0.6 is 15.6 Å². The fourth-order valence-electron chi connectivity index (χ4n) is 11.3. The minimum absolute atomic E-state index is 0.104. The minimum Gasteiger partial charge on any atom is -0.462 e. The normalized spacial score (nSPS) is 14.1. The highest BCUT2D eigenvalue weighted by molar-refractivity contribution is 7.47. The lowest BCUT2D eigenvalue weighted by Crippen LogP contribution is -2.30. The summed E-state index contributed by atoms with van der Waals surface area (Å²) in [5.41, 5.74) is 0. The van der Waals surface area contributed by atoms with Crippen molar-refractivity contribution in [1.82, 2.24) is 0 Å². The molecule has 552 valence electrons. The summed E-state index contributed by atoms with van der Waals surface area (Å²) in [5.74, 6) is -0.573. The van der Waals surface area contributed by atoms with Gasteiger partial charge in [-0.15, -0.1) is 0 Å². The standard InChI is InChI=1S/C74H144O17P2/c1-7-9-11-13-14-15-16-17-22-26-29-34-39-45-51-57-72(77)85-63-70(91-73(78)58-52-46-40-35-30-27-24-21-19-18-20-23-25-28-32-37-43-48-54-66(3)4)65-89-93(82,83)87-61-68(75)60-86-92(80,81)88-64-69(62-84-71(76)56-50-42-12-10-8-2)90-74(79)59-53-47-41-36-31-33-38-44-49-55-67(5)6/h66-70,75H,7-65H2,1-6H3,(H,80,81)(H,82,83)/t68-,69+,70+/m0/s1. The molecule has 5 atom stereocenters. The number of esters is 4. The van der Waals surface area contributed by atoms with Gasteiger partial charge >= 0.3 is 39.5 Å². The second-order valence-electron chi connectivity index (χ2n) is 27.6. The lowest BCUT2D eigenvalue weighted by Gasteiger charge is -2.21. The van der Waals surface area contributed by atoms with Crippen LogP contribution in [0, 0.1) is 11.8 Å². The maximum Gasteiger partial charge on any atom is 0.472 e. The number of phosphoric acid groups is 2. The maximum atomic E-state index is 13.1. The molecule has 0 aromatic carbocycles. The Balaban J connectivity index is 5.12. The number of ether oxygens (including phenoxy) is 4. The van der Waals surface area contributed by atoms with Crippen LogP contribution < -0.4 is 0 Å². The molecule has 3 N–H and O–H groups in total. The number of aliphatic hydroxyl groups excluding tert-OH is 1. The first kappa shape index (κ1) is 91.1. The number of aliphatic hydroxyl groups is 1. The van der Waals surface area contributed by atoms with Crippen molar-refractivity contribution in [2.75, 3.05) is 39.6 Å². The number of carbonyl (C=O) groups is 4. The number of rotatable bonds is 73. The van der Waals surface area contributed by atoms with Gasteiger partial charge in [-0.25, -0.2) is 9.13 Å². The van der Waals surface area contributed by atoms with Crippen LogP contribution in [0.1, 0.15) is 382 Å². The smallest absolute Gasteiger partial charge is 0.462 e. The molecule has 0 saturated heterocycles. The highest BCUT2D eigenvalue weighted by Crippen LogP contribution is 2.45. The number of hydrogen-bond donors (Lipinski definition) is 3. The van der Waals surface area contributed by atoms with Crippen LogP contribution in [0.25, 0.3) is 0 Å². The molecule has 19 heteroatoms. The van der Waals surface area contributed by atoms with Gasteiger partial charge in [0.05, 0.1) is 26.4 Å². The number of phosphoric ester groups is 2. The summed E-state index contributed by atoms with van der Waals surface area (Å²) in [6, 6.07) is 0. The zero-order chi connectivity index (χ0) is 68.6. The molecule has 0 aliphatic rings. The van der Waals surface area contributed by atoms with E-state index in [4.69, 9.17) is 37.0 Å². The molecule has 0 amide bonds. The average Bonchev–Trinajstić information content (AvgIpc) is 2.32. The predicted octanol–water partition coefficient (Wildman–Crippen LogP) is 21.6. The van der Waals surface area contributed by atoms with E-state index < -0.39 is 97.5 Å². The first-order valence-corrected chi connectivity index (χ1v) is 41.5. The van der Waals surface area contributed by atoms with E-state index in [1.807, 2.05) is 0 Å². The first-order valence-electron chi connectivity index (χ1n) is 38.5. The van der Waals surface area contributed by atoms with Gasteiger partial charge in [0, 0.05) is 25.7 Å². The Kier molecular flexibility index (Phi) is 64.6. The van der Waals surface area contributed by atoms with Crippen LogP contribution in [0.4, 0.5) is 0 Å². The minimum atomic E-state index is -4.95. The van der Waals surface area contributed by atoms with Crippen molar-refractivity contribution in [3.63, 3.8) is 0 Å². The lowest BCUT2D eigenvalue weighted by molar-refractivity contribution is -0.161. The van der Waals surface area contributed by atoms with E-state index >= 15 is 0 Å². The van der Waals surface area contributed by atoms with E-state index in [1.54, 1.807) is 0 Å². The van der Waals surface area contributed by atoms with E-state index in [2.05, 4.69) is 41.5 Å². The molecular formula is C74H144O17P2. The van der Waals surface area contributed by atoms with E-state index in [0.717, 1.165) is 108 Å². The Labute approximate surface area is 568 Å². The van der Waals surface area contributed by atoms with E-state index in [0.29, 0.717) is 25.7 Å². The number of hydrogen-bond acceptors (Lipinski definition) is 15. The summed E-state index contributed by atoms with van der Waals surface area (Å²) in [5, 5.41) is 10.6. The van der Waals surface area contributed by atoms with Crippen molar-refractivity contribution >= 4 is 39.5 Å². The molecule has 0 radical (unpaired) electrons. The Bertz CT molecular complexity index is 1800. The predicted molar refractivity (Wildman–Crippen MR) is 377 cm³/mol. The fourth-order valence-corrected chi connectivity index (χ4v) is 12.9. The van der Waals surface area contributed by atoms with E-state index in [-0.39, 0.29) is 25.7 Å². The van der Waals surface area contributed by atoms with Crippen LogP contribution in [0.15, 0.2) is 0 Å². The SMILES string of the molecule is CCCCCCCCCCCCCCCCCC(=O)OC[C@H](COP(=O)(O)OC[C@@H](O)COP(=O)(O)OC[C@@H](COC(=O)CCCCCCC)OC(=O)CCCCCCCCCCCC(C)C)OC(=O)CCCCCCCCCCCCCCCCCCCCC(C)C. The van der Waals surface area contributed by atoms with E-state index in [9.17, 15) is 43.2 Å². The molecule has 0 aromatic rings. The Morgan fingerprint density at radius 1 is 0.290 bits per heavy atom. The summed E-state index contributed by atoms with van der Waals surface area (Å²) in [6.45, 7) is 9.50. The van der Waals surface area contributed by atoms with Gasteiger partial charge in [-0.2, -0.15) is 0 Å². The Morgan fingerprint density at radius 3 is 0.731 bits per heavy atom. The third kappa shape index (κ3) is 68.4. The Hall–Kier alpha value is -1.94. The van der Waals surface area contributed by atoms with Crippen LogP contribution in [-0.2, 0) is 65.4 Å². The van der Waals surface area contributed by atoms with Crippen molar-refractivity contribution in [3.05, 3.63) is 0 Å². The van der Waals surface area contributed by atoms with Gasteiger partial charge in [-0.05, 0) is 37.5 Å². The molecule has 0 fully saturated rings. The highest BCUT2D eigenvalue weighted by atomic mass is 31.2. The highest BCUT2D eigenvalue weighted by Gasteiger charge is 2.30. The molecule has 17 nitrogen and oxygen atoms in total. The molecule has 2 unspecified atom stereocenters. The zero-order valence-electron chi connectivity index (χ0n) is 60.6. The number of carbonyl (C=O) groups excluding carboxylic acids is 4. The summed E-state index contributed by atoms with van der Waals surface area (Å²) < 4.78 is 68.2. The Morgan fingerprint density at radius 2 is 0.495 bits per heavy atom. The number of unbranched alkanes of at least 4 members (excludes halogenated alkanes) is 43. The van der Waals surface area contributed by atoms with Crippen molar-refractivity contribution in [1.29, 1.82) is 0 Å². The van der Waals surface area contributed by atoms with Gasteiger partial charge in [-0.3, -0.25) is 37.3 Å². The van der Waals surface area contributed by atoms with Crippen LogP contribution in [0.5, 0.6) is 0 Å². The summed E-state index contributed by atoms with van der Waals surface area (Å²) >= 11 is 0. The van der Waals surface area contributed by atoms with Crippen LogP contribution in [-0.4, -0.2) is 96.7 Å². The molecule has 0 saturated carbocycles. The van der Waals surface area contributed by atoms with Gasteiger partial charge in [-0.1, -0.05) is 330 Å². The van der Waals surface area contributed by atoms with E-state index in [1.165, 1.54) is 193 Å². The van der Waals surface area contributed by atoms with Crippen molar-refractivity contribution in [2.24, 2.45) is 11.8 Å². The average molecular weight is 1370 g/mol. The molecule has 0 heterocycles. The monoisotopic (exact) mass is 1370 g/mol. The molecule has 0 aromatic heterocycles. The van der Waals surface area contributed by atoms with Crippen molar-refractivity contribution in [3.8, 4) is 0 Å². The second-order valence-corrected chi connectivity index (χ2v) is 30.5. The van der Waals surface area contributed by atoms with Gasteiger partial charge in [0.2, 0.25) is 0 Å². The molecule has 0 bridgehead atoms. The summed E-state index contributed by atoms with van der Waals surface area (Å²) in [6.07, 6.45) is 53.2. The second kappa shape index (κ2) is 66.0. The van der Waals surface area contributed by atoms with Gasteiger partial charge in [0.1, 0.15) is 19.3 Å². The van der Waals surface area contributed by atoms with Gasteiger partial charge in [0.15, 0.2) is 12.2 Å². The van der Waals surface area contributed by atoms with Crippen molar-refractivity contribution < 1.29 is 80.2 Å². The van der Waals surface area contributed by atoms with Gasteiger partial charge < -0.3 is 33.8 Å². The lowest BCUT2D eigenvalue weighted by atomic mass is 10.0. The molecular weight excluding hydrogens is 1220 g/mol. The molecule has 0 aliphatic carbocycles. The third-order valence-corrected chi connectivity index (χ3v) is 19.1. The topological polar surface area (TPSA) is 237 Å². The van der Waals surface area contributed by atoms with Crippen LogP contribution in [0.3, 0.4) is 0 Å². The molecule has 0 rings (SSSR count). The van der Waals surface area contributed by atoms with Crippen LogP contribution in [0.2, 0.25) is 0 Å². The largest absolute Gasteiger partial charge is 0.472 e. The third-order valence-electron chi connectivity index (χ3n) is 17.2. The molecule has 93 heavy (non-hydrogen) atoms. The zero-order valence-corrected chi connectivity index (χ0v) is 62.3. The molecule has 0 spiro atoms.